The van der Waals surface area contributed by atoms with Crippen LogP contribution in [-0.4, -0.2) is 23.2 Å². The molecule has 2 aliphatic rings. The van der Waals surface area contributed by atoms with E-state index in [4.69, 9.17) is 4.74 Å². The standard InChI is InChI=1S/C35H33FN4O3/c1-35(2)18-28-33(30(41)19-35)34(24-14-15-26(36)31(17-24)43-25-10-4-3-5-11-25)40(29-13-7-6-12-27(29)39-28)22-32(42)38-21-23-9-8-16-37-20-23/h3-17,20,34,39H,18-19,21-22H2,1-2H3,(H,38,42). The van der Waals surface area contributed by atoms with Gasteiger partial charge in [0.25, 0.3) is 0 Å². The maximum atomic E-state index is 15.1. The number of para-hydroxylation sites is 3. The van der Waals surface area contributed by atoms with Crippen molar-refractivity contribution in [3.05, 3.63) is 126 Å². The molecule has 7 nitrogen and oxygen atoms in total. The number of anilines is 2. The molecule has 6 rings (SSSR count). The highest BCUT2D eigenvalue weighted by atomic mass is 19.1. The van der Waals surface area contributed by atoms with Gasteiger partial charge in [0.1, 0.15) is 5.75 Å². The number of nitrogens with zero attached hydrogens (tertiary/aromatic N) is 2. The molecule has 2 N–H and O–H groups in total. The molecule has 1 amide bonds. The fourth-order valence-electron chi connectivity index (χ4n) is 5.87. The SMILES string of the molecule is CC1(C)CC(=O)C2=C(C1)Nc1ccccc1N(CC(=O)NCc1cccnc1)C2c1ccc(F)c(Oc2ccccc2)c1. The van der Waals surface area contributed by atoms with Gasteiger partial charge in [-0.05, 0) is 65.4 Å². The molecule has 1 aromatic heterocycles. The van der Waals surface area contributed by atoms with Crippen molar-refractivity contribution in [2.45, 2.75) is 39.3 Å². The summed E-state index contributed by atoms with van der Waals surface area (Å²) in [6, 6.07) is 24.4. The number of ether oxygens (including phenoxy) is 1. The topological polar surface area (TPSA) is 83.6 Å². The summed E-state index contributed by atoms with van der Waals surface area (Å²) in [7, 11) is 0. The van der Waals surface area contributed by atoms with Crippen molar-refractivity contribution in [2.75, 3.05) is 16.8 Å². The van der Waals surface area contributed by atoms with Crippen LogP contribution in [0.5, 0.6) is 11.5 Å². The van der Waals surface area contributed by atoms with Crippen molar-refractivity contribution in [3.63, 3.8) is 0 Å². The number of hydrogen-bond acceptors (Lipinski definition) is 6. The average molecular weight is 577 g/mol. The number of Topliss-reactive ketones (excluding diaryl/α,β-unsaturated/α-hetero) is 1. The summed E-state index contributed by atoms with van der Waals surface area (Å²) in [5.74, 6) is -0.216. The molecular weight excluding hydrogens is 543 g/mol. The predicted molar refractivity (Wildman–Crippen MR) is 164 cm³/mol. The van der Waals surface area contributed by atoms with Crippen LogP contribution in [0.25, 0.3) is 0 Å². The van der Waals surface area contributed by atoms with Crippen LogP contribution in [0.3, 0.4) is 0 Å². The second kappa shape index (κ2) is 11.7. The van der Waals surface area contributed by atoms with Crippen LogP contribution in [-0.2, 0) is 16.1 Å². The Morgan fingerprint density at radius 3 is 2.63 bits per heavy atom. The molecule has 8 heteroatoms. The van der Waals surface area contributed by atoms with Crippen molar-refractivity contribution in [2.24, 2.45) is 5.41 Å². The molecule has 4 aromatic rings. The summed E-state index contributed by atoms with van der Waals surface area (Å²) in [5.41, 5.74) is 4.22. The van der Waals surface area contributed by atoms with E-state index >= 15 is 4.39 Å². The molecule has 0 bridgehead atoms. The minimum absolute atomic E-state index is 0.00724. The van der Waals surface area contributed by atoms with Gasteiger partial charge in [0.05, 0.1) is 24.0 Å². The number of carbonyl (C=O) groups is 2. The molecule has 43 heavy (non-hydrogen) atoms. The third-order valence-corrected chi connectivity index (χ3v) is 7.77. The molecule has 2 heterocycles. The molecule has 218 valence electrons. The fourth-order valence-corrected chi connectivity index (χ4v) is 5.87. The van der Waals surface area contributed by atoms with Gasteiger partial charge in [0.2, 0.25) is 5.91 Å². The molecule has 3 aromatic carbocycles. The van der Waals surface area contributed by atoms with E-state index in [-0.39, 0.29) is 29.4 Å². The van der Waals surface area contributed by atoms with E-state index in [0.29, 0.717) is 36.3 Å². The van der Waals surface area contributed by atoms with E-state index in [1.807, 2.05) is 59.5 Å². The highest BCUT2D eigenvalue weighted by Gasteiger charge is 2.42. The molecular formula is C35H33FN4O3. The fraction of sp³-hybridized carbons (Fsp3) is 0.229. The second-order valence-electron chi connectivity index (χ2n) is 11.7. The molecule has 1 unspecified atom stereocenters. The lowest BCUT2D eigenvalue weighted by molar-refractivity contribution is -0.120. The van der Waals surface area contributed by atoms with Crippen molar-refractivity contribution in [3.8, 4) is 11.5 Å². The van der Waals surface area contributed by atoms with Gasteiger partial charge in [0.15, 0.2) is 17.3 Å². The van der Waals surface area contributed by atoms with Crippen LogP contribution in [0.15, 0.2) is 109 Å². The maximum absolute atomic E-state index is 15.1. The number of aromatic nitrogens is 1. The average Bonchev–Trinajstić information content (AvgIpc) is 3.12. The molecule has 0 saturated heterocycles. The number of carbonyl (C=O) groups excluding carboxylic acids is 2. The summed E-state index contributed by atoms with van der Waals surface area (Å²) in [6.45, 7) is 4.44. The number of benzene rings is 3. The summed E-state index contributed by atoms with van der Waals surface area (Å²) >= 11 is 0. The van der Waals surface area contributed by atoms with Gasteiger partial charge in [-0.2, -0.15) is 0 Å². The van der Waals surface area contributed by atoms with Crippen molar-refractivity contribution >= 4 is 23.1 Å². The first-order valence-electron chi connectivity index (χ1n) is 14.3. The Hall–Kier alpha value is -4.98. The van der Waals surface area contributed by atoms with Gasteiger partial charge in [-0.25, -0.2) is 4.39 Å². The number of amides is 1. The highest BCUT2D eigenvalue weighted by molar-refractivity contribution is 6.02. The second-order valence-corrected chi connectivity index (χ2v) is 11.7. The minimum Gasteiger partial charge on any atom is -0.454 e. The van der Waals surface area contributed by atoms with Gasteiger partial charge < -0.3 is 20.3 Å². The summed E-state index contributed by atoms with van der Waals surface area (Å²) in [5, 5.41) is 6.54. The zero-order valence-electron chi connectivity index (χ0n) is 24.1. The largest absolute Gasteiger partial charge is 0.454 e. The Bertz CT molecular complexity index is 1690. The Morgan fingerprint density at radius 2 is 1.84 bits per heavy atom. The van der Waals surface area contributed by atoms with E-state index in [9.17, 15) is 9.59 Å². The Morgan fingerprint density at radius 1 is 1.05 bits per heavy atom. The number of allylic oxidation sites excluding steroid dienone is 1. The monoisotopic (exact) mass is 576 g/mol. The molecule has 1 atom stereocenters. The minimum atomic E-state index is -0.669. The lowest BCUT2D eigenvalue weighted by Crippen LogP contribution is -2.42. The zero-order valence-corrected chi connectivity index (χ0v) is 24.1. The van der Waals surface area contributed by atoms with Crippen molar-refractivity contribution in [1.82, 2.24) is 10.3 Å². The van der Waals surface area contributed by atoms with Gasteiger partial charge in [-0.3, -0.25) is 14.6 Å². The normalized spacial score (nSPS) is 17.3. The van der Waals surface area contributed by atoms with E-state index in [2.05, 4.69) is 29.5 Å². The van der Waals surface area contributed by atoms with Gasteiger partial charge in [-0.15, -0.1) is 0 Å². The van der Waals surface area contributed by atoms with Crippen molar-refractivity contribution < 1.29 is 18.7 Å². The van der Waals surface area contributed by atoms with E-state index < -0.39 is 11.9 Å². The van der Waals surface area contributed by atoms with Crippen LogP contribution in [0.1, 0.15) is 43.9 Å². The molecule has 0 spiro atoms. The smallest absolute Gasteiger partial charge is 0.239 e. The molecule has 1 aliphatic carbocycles. The van der Waals surface area contributed by atoms with Crippen LogP contribution in [0, 0.1) is 11.2 Å². The summed E-state index contributed by atoms with van der Waals surface area (Å²) < 4.78 is 21.1. The highest BCUT2D eigenvalue weighted by Crippen LogP contribution is 2.48. The Labute approximate surface area is 250 Å². The van der Waals surface area contributed by atoms with Gasteiger partial charge in [0, 0.05) is 36.6 Å². The zero-order chi connectivity index (χ0) is 30.0. The third-order valence-electron chi connectivity index (χ3n) is 7.77. The first-order chi connectivity index (χ1) is 20.8. The van der Waals surface area contributed by atoms with Crippen LogP contribution in [0.2, 0.25) is 0 Å². The van der Waals surface area contributed by atoms with Crippen LogP contribution >= 0.6 is 0 Å². The molecule has 0 fully saturated rings. The number of hydrogen-bond donors (Lipinski definition) is 2. The van der Waals surface area contributed by atoms with E-state index in [1.54, 1.807) is 36.7 Å². The first kappa shape index (κ1) is 28.2. The maximum Gasteiger partial charge on any atom is 0.239 e. The number of rotatable bonds is 7. The quantitative estimate of drug-likeness (QED) is 0.248. The summed E-state index contributed by atoms with van der Waals surface area (Å²) in [4.78, 5) is 33.5. The lowest BCUT2D eigenvalue weighted by Gasteiger charge is -2.38. The van der Waals surface area contributed by atoms with Gasteiger partial charge in [-0.1, -0.05) is 56.3 Å². The van der Waals surface area contributed by atoms with Crippen molar-refractivity contribution in [1.29, 1.82) is 0 Å². The molecule has 0 radical (unpaired) electrons. The number of ketones is 1. The van der Waals surface area contributed by atoms with Crippen LogP contribution < -0.4 is 20.3 Å². The number of pyridine rings is 1. The molecule has 1 aliphatic heterocycles. The Balaban J connectivity index is 1.45. The van der Waals surface area contributed by atoms with E-state index in [1.165, 1.54) is 6.07 Å². The number of halogens is 1. The van der Waals surface area contributed by atoms with Crippen LogP contribution in [0.4, 0.5) is 15.8 Å². The van der Waals surface area contributed by atoms with E-state index in [0.717, 1.165) is 22.6 Å². The Kier molecular flexibility index (Phi) is 7.67. The lowest BCUT2D eigenvalue weighted by atomic mass is 9.73. The predicted octanol–water partition coefficient (Wildman–Crippen LogP) is 6.95. The number of nitrogens with one attached hydrogen (secondary N) is 2. The molecule has 0 saturated carbocycles. The summed E-state index contributed by atoms with van der Waals surface area (Å²) in [6.07, 6.45) is 4.40. The number of fused-ring (bicyclic) bond motifs is 1. The first-order valence-corrected chi connectivity index (χ1v) is 14.3. The van der Waals surface area contributed by atoms with Gasteiger partial charge >= 0.3 is 0 Å². The third kappa shape index (κ3) is 6.14.